The molecule has 0 saturated carbocycles. The maximum Gasteiger partial charge on any atom is 0.0662 e. The van der Waals surface area contributed by atoms with Gasteiger partial charge in [-0.1, -0.05) is 31.2 Å². The lowest BCUT2D eigenvalue weighted by Crippen LogP contribution is -2.34. The number of hydrogen-bond donors (Lipinski definition) is 1. The first-order valence-corrected chi connectivity index (χ1v) is 5.30. The van der Waals surface area contributed by atoms with Gasteiger partial charge in [0.2, 0.25) is 0 Å². The van der Waals surface area contributed by atoms with Gasteiger partial charge >= 0.3 is 0 Å². The lowest BCUT2D eigenvalue weighted by molar-refractivity contribution is 0.0769. The Balaban J connectivity index is 2.07. The maximum absolute atomic E-state index is 5.43. The first-order valence-electron chi connectivity index (χ1n) is 5.30. The molecule has 1 aromatic carbocycles. The Morgan fingerprint density at radius 2 is 2.14 bits per heavy atom. The number of benzene rings is 1. The van der Waals surface area contributed by atoms with Crippen LogP contribution < -0.4 is 5.32 Å². The summed E-state index contributed by atoms with van der Waals surface area (Å²) < 4.78 is 5.43. The second kappa shape index (κ2) is 4.58. The van der Waals surface area contributed by atoms with Crippen LogP contribution in [0.2, 0.25) is 0 Å². The lowest BCUT2D eigenvalue weighted by atomic mass is 10.0. The van der Waals surface area contributed by atoms with Crippen LogP contribution in [0.4, 0.5) is 0 Å². The Morgan fingerprint density at radius 3 is 2.71 bits per heavy atom. The molecule has 2 rings (SSSR count). The van der Waals surface area contributed by atoms with Crippen LogP contribution in [0.15, 0.2) is 24.3 Å². The number of aryl methyl sites for hydroxylation is 1. The van der Waals surface area contributed by atoms with Crippen LogP contribution in [0, 0.1) is 0 Å². The standard InChI is InChI=1S/C12H17NO/c1-2-10-3-5-11(6-4-10)12-9-14-8-7-13-12/h3-6,12-13H,2,7-9H2,1H3/t12-/m1/s1. The van der Waals surface area contributed by atoms with Crippen LogP contribution in [0.3, 0.4) is 0 Å². The summed E-state index contributed by atoms with van der Waals surface area (Å²) in [4.78, 5) is 0. The summed E-state index contributed by atoms with van der Waals surface area (Å²) in [6, 6.07) is 9.18. The fraction of sp³-hybridized carbons (Fsp3) is 0.500. The molecule has 0 aliphatic carbocycles. The molecule has 0 aromatic heterocycles. The molecular weight excluding hydrogens is 174 g/mol. The van der Waals surface area contributed by atoms with Crippen LogP contribution in [-0.2, 0) is 11.2 Å². The van der Waals surface area contributed by atoms with E-state index in [9.17, 15) is 0 Å². The van der Waals surface area contributed by atoms with Gasteiger partial charge in [-0.25, -0.2) is 0 Å². The molecule has 0 amide bonds. The summed E-state index contributed by atoms with van der Waals surface area (Å²) in [5.74, 6) is 0. The van der Waals surface area contributed by atoms with Crippen LogP contribution in [0.5, 0.6) is 0 Å². The number of rotatable bonds is 2. The van der Waals surface area contributed by atoms with E-state index in [2.05, 4.69) is 36.5 Å². The molecule has 1 saturated heterocycles. The second-order valence-electron chi connectivity index (χ2n) is 3.68. The van der Waals surface area contributed by atoms with Crippen molar-refractivity contribution in [1.82, 2.24) is 5.32 Å². The fourth-order valence-electron chi connectivity index (χ4n) is 1.77. The van der Waals surface area contributed by atoms with Crippen molar-refractivity contribution in [2.45, 2.75) is 19.4 Å². The molecule has 0 unspecified atom stereocenters. The summed E-state index contributed by atoms with van der Waals surface area (Å²) in [5.41, 5.74) is 2.73. The van der Waals surface area contributed by atoms with Gasteiger partial charge in [-0.05, 0) is 17.5 Å². The van der Waals surface area contributed by atoms with Gasteiger partial charge in [-0.3, -0.25) is 0 Å². The van der Waals surface area contributed by atoms with Gasteiger partial charge in [0.05, 0.1) is 19.3 Å². The zero-order valence-electron chi connectivity index (χ0n) is 8.62. The summed E-state index contributed by atoms with van der Waals surface area (Å²) >= 11 is 0. The molecule has 1 N–H and O–H groups in total. The van der Waals surface area contributed by atoms with Crippen molar-refractivity contribution in [2.75, 3.05) is 19.8 Å². The highest BCUT2D eigenvalue weighted by atomic mass is 16.5. The van der Waals surface area contributed by atoms with Crippen molar-refractivity contribution in [3.8, 4) is 0 Å². The maximum atomic E-state index is 5.43. The van der Waals surface area contributed by atoms with E-state index in [0.717, 1.165) is 26.2 Å². The number of ether oxygens (including phenoxy) is 1. The van der Waals surface area contributed by atoms with Crippen molar-refractivity contribution in [3.63, 3.8) is 0 Å². The number of hydrogen-bond acceptors (Lipinski definition) is 2. The minimum Gasteiger partial charge on any atom is -0.378 e. The monoisotopic (exact) mass is 191 g/mol. The zero-order valence-corrected chi connectivity index (χ0v) is 8.62. The Kier molecular flexibility index (Phi) is 3.17. The molecular formula is C12H17NO. The van der Waals surface area contributed by atoms with E-state index < -0.39 is 0 Å². The molecule has 14 heavy (non-hydrogen) atoms. The van der Waals surface area contributed by atoms with Gasteiger partial charge in [-0.15, -0.1) is 0 Å². The Morgan fingerprint density at radius 1 is 1.36 bits per heavy atom. The first-order chi connectivity index (χ1) is 6.90. The van der Waals surface area contributed by atoms with E-state index in [1.54, 1.807) is 0 Å². The Labute approximate surface area is 85.3 Å². The lowest BCUT2D eigenvalue weighted by Gasteiger charge is -2.24. The molecule has 0 spiro atoms. The minimum absolute atomic E-state index is 0.384. The molecule has 1 atom stereocenters. The van der Waals surface area contributed by atoms with Gasteiger partial charge in [0.1, 0.15) is 0 Å². The van der Waals surface area contributed by atoms with Crippen LogP contribution in [-0.4, -0.2) is 19.8 Å². The summed E-state index contributed by atoms with van der Waals surface area (Å²) in [6.07, 6.45) is 1.11. The van der Waals surface area contributed by atoms with E-state index in [0.29, 0.717) is 6.04 Å². The van der Waals surface area contributed by atoms with Crippen molar-refractivity contribution in [2.24, 2.45) is 0 Å². The van der Waals surface area contributed by atoms with E-state index in [4.69, 9.17) is 4.74 Å². The van der Waals surface area contributed by atoms with Crippen LogP contribution >= 0.6 is 0 Å². The van der Waals surface area contributed by atoms with Crippen molar-refractivity contribution >= 4 is 0 Å². The van der Waals surface area contributed by atoms with E-state index in [1.165, 1.54) is 11.1 Å². The number of morpholine rings is 1. The number of nitrogens with one attached hydrogen (secondary N) is 1. The largest absolute Gasteiger partial charge is 0.378 e. The van der Waals surface area contributed by atoms with Crippen LogP contribution in [0.25, 0.3) is 0 Å². The topological polar surface area (TPSA) is 21.3 Å². The third-order valence-corrected chi connectivity index (χ3v) is 2.71. The predicted molar refractivity (Wildman–Crippen MR) is 57.4 cm³/mol. The molecule has 2 nitrogen and oxygen atoms in total. The summed E-state index contributed by atoms with van der Waals surface area (Å²) in [6.45, 7) is 4.77. The summed E-state index contributed by atoms with van der Waals surface area (Å²) in [7, 11) is 0. The zero-order chi connectivity index (χ0) is 9.80. The second-order valence-corrected chi connectivity index (χ2v) is 3.68. The van der Waals surface area contributed by atoms with Gasteiger partial charge < -0.3 is 10.1 Å². The van der Waals surface area contributed by atoms with Gasteiger partial charge in [-0.2, -0.15) is 0 Å². The fourth-order valence-corrected chi connectivity index (χ4v) is 1.77. The Hall–Kier alpha value is -0.860. The van der Waals surface area contributed by atoms with E-state index >= 15 is 0 Å². The van der Waals surface area contributed by atoms with Crippen molar-refractivity contribution < 1.29 is 4.74 Å². The molecule has 1 heterocycles. The van der Waals surface area contributed by atoms with Gasteiger partial charge in [0.25, 0.3) is 0 Å². The highest BCUT2D eigenvalue weighted by molar-refractivity contribution is 5.25. The minimum atomic E-state index is 0.384. The highest BCUT2D eigenvalue weighted by Gasteiger charge is 2.14. The molecule has 1 aliphatic heterocycles. The van der Waals surface area contributed by atoms with E-state index in [-0.39, 0.29) is 0 Å². The highest BCUT2D eigenvalue weighted by Crippen LogP contribution is 2.16. The average molecular weight is 191 g/mol. The summed E-state index contributed by atoms with van der Waals surface area (Å²) in [5, 5.41) is 3.45. The first kappa shape index (κ1) is 9.69. The van der Waals surface area contributed by atoms with Gasteiger partial charge in [0.15, 0.2) is 0 Å². The smallest absolute Gasteiger partial charge is 0.0662 e. The SMILES string of the molecule is CCc1ccc([C@H]2COCCN2)cc1. The van der Waals surface area contributed by atoms with Gasteiger partial charge in [0, 0.05) is 6.54 Å². The predicted octanol–water partition coefficient (Wildman–Crippen LogP) is 1.91. The average Bonchev–Trinajstić information content (AvgIpc) is 2.30. The molecule has 76 valence electrons. The molecule has 1 aliphatic rings. The third-order valence-electron chi connectivity index (χ3n) is 2.71. The molecule has 1 fully saturated rings. The van der Waals surface area contributed by atoms with E-state index in [1.807, 2.05) is 0 Å². The third kappa shape index (κ3) is 2.14. The van der Waals surface area contributed by atoms with Crippen molar-refractivity contribution in [3.05, 3.63) is 35.4 Å². The molecule has 1 aromatic rings. The molecule has 0 bridgehead atoms. The van der Waals surface area contributed by atoms with Crippen molar-refractivity contribution in [1.29, 1.82) is 0 Å². The quantitative estimate of drug-likeness (QED) is 0.771. The normalized spacial score (nSPS) is 22.2. The molecule has 0 radical (unpaired) electrons. The Bertz CT molecular complexity index is 275. The van der Waals surface area contributed by atoms with Crippen LogP contribution in [0.1, 0.15) is 24.1 Å². The molecule has 2 heteroatoms.